The molecule has 1 aliphatic heterocycles. The summed E-state index contributed by atoms with van der Waals surface area (Å²) in [7, 11) is 3.49. The van der Waals surface area contributed by atoms with E-state index in [0.29, 0.717) is 0 Å². The third kappa shape index (κ3) is 1.97. The Morgan fingerprint density at radius 1 is 1.37 bits per heavy atom. The monoisotopic (exact) mass is 258 g/mol. The number of fused-ring (bicyclic) bond motifs is 1. The number of nitrogens with zero attached hydrogens (tertiary/aromatic N) is 2. The van der Waals surface area contributed by atoms with Gasteiger partial charge in [0, 0.05) is 36.4 Å². The SMILES string of the molecule is COC(=O)C1CCCN1c1ccc2c(ccn2C)c1. The minimum atomic E-state index is -0.134. The summed E-state index contributed by atoms with van der Waals surface area (Å²) in [6.07, 6.45) is 3.96. The van der Waals surface area contributed by atoms with Gasteiger partial charge in [-0.2, -0.15) is 0 Å². The lowest BCUT2D eigenvalue weighted by Gasteiger charge is -2.24. The van der Waals surface area contributed by atoms with Crippen LogP contribution < -0.4 is 4.90 Å². The molecule has 1 atom stereocenters. The number of carbonyl (C=O) groups excluding carboxylic acids is 1. The predicted molar refractivity (Wildman–Crippen MR) is 75.3 cm³/mol. The Bertz CT molecular complexity index is 618. The number of hydrogen-bond donors (Lipinski definition) is 0. The van der Waals surface area contributed by atoms with Crippen LogP contribution in [0.5, 0.6) is 0 Å². The molecule has 100 valence electrons. The molecular formula is C15H18N2O2. The molecule has 0 amide bonds. The van der Waals surface area contributed by atoms with Crippen LogP contribution in [0.3, 0.4) is 0 Å². The van der Waals surface area contributed by atoms with Crippen molar-refractivity contribution in [2.45, 2.75) is 18.9 Å². The van der Waals surface area contributed by atoms with E-state index in [1.807, 2.05) is 7.05 Å². The highest BCUT2D eigenvalue weighted by atomic mass is 16.5. The van der Waals surface area contributed by atoms with Gasteiger partial charge in [-0.3, -0.25) is 0 Å². The second-order valence-electron chi connectivity index (χ2n) is 5.04. The molecule has 19 heavy (non-hydrogen) atoms. The van der Waals surface area contributed by atoms with Crippen LogP contribution in [0.4, 0.5) is 5.69 Å². The van der Waals surface area contributed by atoms with Gasteiger partial charge in [0.05, 0.1) is 7.11 Å². The number of esters is 1. The molecule has 0 spiro atoms. The van der Waals surface area contributed by atoms with E-state index in [1.165, 1.54) is 18.0 Å². The molecule has 1 aromatic heterocycles. The van der Waals surface area contributed by atoms with E-state index in [9.17, 15) is 4.79 Å². The van der Waals surface area contributed by atoms with E-state index in [4.69, 9.17) is 4.74 Å². The molecule has 4 heteroatoms. The highest BCUT2D eigenvalue weighted by Gasteiger charge is 2.31. The normalized spacial score (nSPS) is 19.1. The molecule has 3 rings (SSSR count). The summed E-state index contributed by atoms with van der Waals surface area (Å²) in [6.45, 7) is 0.915. The molecule has 1 saturated heterocycles. The number of rotatable bonds is 2. The van der Waals surface area contributed by atoms with Crippen LogP contribution in [-0.4, -0.2) is 30.2 Å². The minimum absolute atomic E-state index is 0.133. The number of ether oxygens (including phenoxy) is 1. The second kappa shape index (κ2) is 4.61. The van der Waals surface area contributed by atoms with Gasteiger partial charge in [-0.15, -0.1) is 0 Å². The van der Waals surface area contributed by atoms with Crippen molar-refractivity contribution in [1.29, 1.82) is 0 Å². The van der Waals surface area contributed by atoms with Gasteiger partial charge in [0.15, 0.2) is 0 Å². The zero-order chi connectivity index (χ0) is 13.4. The fourth-order valence-electron chi connectivity index (χ4n) is 2.90. The van der Waals surface area contributed by atoms with Crippen LogP contribution in [0, 0.1) is 0 Å². The van der Waals surface area contributed by atoms with E-state index in [0.717, 1.165) is 25.1 Å². The van der Waals surface area contributed by atoms with Gasteiger partial charge < -0.3 is 14.2 Å². The van der Waals surface area contributed by atoms with Crippen molar-refractivity contribution >= 4 is 22.6 Å². The van der Waals surface area contributed by atoms with Crippen molar-refractivity contribution in [1.82, 2.24) is 4.57 Å². The maximum atomic E-state index is 11.8. The topological polar surface area (TPSA) is 34.5 Å². The van der Waals surface area contributed by atoms with E-state index in [-0.39, 0.29) is 12.0 Å². The van der Waals surface area contributed by atoms with Crippen LogP contribution in [0.2, 0.25) is 0 Å². The Balaban J connectivity index is 1.96. The van der Waals surface area contributed by atoms with Crippen LogP contribution >= 0.6 is 0 Å². The highest BCUT2D eigenvalue weighted by molar-refractivity contribution is 5.86. The Morgan fingerprint density at radius 2 is 2.21 bits per heavy atom. The Morgan fingerprint density at radius 3 is 3.00 bits per heavy atom. The highest BCUT2D eigenvalue weighted by Crippen LogP contribution is 2.29. The summed E-state index contributed by atoms with van der Waals surface area (Å²) < 4.78 is 6.99. The number of anilines is 1. The van der Waals surface area contributed by atoms with Crippen LogP contribution in [0.15, 0.2) is 30.5 Å². The molecular weight excluding hydrogens is 240 g/mol. The number of hydrogen-bond acceptors (Lipinski definition) is 3. The van der Waals surface area contributed by atoms with Gasteiger partial charge in [0.2, 0.25) is 0 Å². The molecule has 0 N–H and O–H groups in total. The molecule has 1 fully saturated rings. The molecule has 0 bridgehead atoms. The van der Waals surface area contributed by atoms with Gasteiger partial charge in [-0.05, 0) is 37.1 Å². The van der Waals surface area contributed by atoms with E-state index < -0.39 is 0 Å². The van der Waals surface area contributed by atoms with Gasteiger partial charge in [-0.25, -0.2) is 4.79 Å². The molecule has 0 radical (unpaired) electrons. The molecule has 0 saturated carbocycles. The lowest BCUT2D eigenvalue weighted by molar-refractivity contribution is -0.141. The molecule has 1 aliphatic rings. The summed E-state index contributed by atoms with van der Waals surface area (Å²) in [5.74, 6) is -0.134. The molecule has 2 heterocycles. The fourth-order valence-corrected chi connectivity index (χ4v) is 2.90. The quantitative estimate of drug-likeness (QED) is 0.775. The number of aryl methyl sites for hydroxylation is 1. The Labute approximate surface area is 112 Å². The smallest absolute Gasteiger partial charge is 0.328 e. The summed E-state index contributed by atoms with van der Waals surface area (Å²) in [5, 5.41) is 1.20. The van der Waals surface area contributed by atoms with Gasteiger partial charge in [-0.1, -0.05) is 0 Å². The molecule has 2 aromatic rings. The number of aromatic nitrogens is 1. The van der Waals surface area contributed by atoms with Gasteiger partial charge >= 0.3 is 5.97 Å². The lowest BCUT2D eigenvalue weighted by atomic mass is 10.2. The zero-order valence-corrected chi connectivity index (χ0v) is 11.3. The predicted octanol–water partition coefficient (Wildman–Crippen LogP) is 2.32. The average Bonchev–Trinajstić information content (AvgIpc) is 3.05. The van der Waals surface area contributed by atoms with Gasteiger partial charge in [0.25, 0.3) is 0 Å². The van der Waals surface area contributed by atoms with E-state index in [2.05, 4.69) is 39.9 Å². The first kappa shape index (κ1) is 12.1. The van der Waals surface area contributed by atoms with Gasteiger partial charge in [0.1, 0.15) is 6.04 Å². The van der Waals surface area contributed by atoms with Crippen molar-refractivity contribution in [2.24, 2.45) is 7.05 Å². The Hall–Kier alpha value is -1.97. The average molecular weight is 258 g/mol. The van der Waals surface area contributed by atoms with Crippen molar-refractivity contribution in [2.75, 3.05) is 18.6 Å². The second-order valence-corrected chi connectivity index (χ2v) is 5.04. The molecule has 1 aromatic carbocycles. The van der Waals surface area contributed by atoms with Crippen molar-refractivity contribution in [3.63, 3.8) is 0 Å². The van der Waals surface area contributed by atoms with Crippen molar-refractivity contribution in [3.8, 4) is 0 Å². The van der Waals surface area contributed by atoms with Crippen LogP contribution in [0.1, 0.15) is 12.8 Å². The fraction of sp³-hybridized carbons (Fsp3) is 0.400. The zero-order valence-electron chi connectivity index (χ0n) is 11.3. The van der Waals surface area contributed by atoms with E-state index >= 15 is 0 Å². The number of methoxy groups -OCH3 is 1. The number of benzene rings is 1. The third-order valence-corrected chi connectivity index (χ3v) is 3.93. The molecule has 0 aliphatic carbocycles. The summed E-state index contributed by atoms with van der Waals surface area (Å²) in [4.78, 5) is 13.9. The van der Waals surface area contributed by atoms with E-state index in [1.54, 1.807) is 0 Å². The first-order valence-electron chi connectivity index (χ1n) is 6.60. The maximum absolute atomic E-state index is 11.8. The maximum Gasteiger partial charge on any atom is 0.328 e. The third-order valence-electron chi connectivity index (χ3n) is 3.93. The largest absolute Gasteiger partial charge is 0.467 e. The standard InChI is InChI=1S/C15H18N2O2/c1-16-9-7-11-10-12(5-6-13(11)16)17-8-3-4-14(17)15(18)19-2/h5-7,9-10,14H,3-4,8H2,1-2H3. The molecule has 4 nitrogen and oxygen atoms in total. The summed E-state index contributed by atoms with van der Waals surface area (Å²) in [6, 6.07) is 8.31. The van der Waals surface area contributed by atoms with Crippen LogP contribution in [0.25, 0.3) is 10.9 Å². The Kier molecular flexibility index (Phi) is 2.93. The molecule has 1 unspecified atom stereocenters. The van der Waals surface area contributed by atoms with Crippen LogP contribution in [-0.2, 0) is 16.6 Å². The number of carbonyl (C=O) groups is 1. The van der Waals surface area contributed by atoms with Crippen molar-refractivity contribution < 1.29 is 9.53 Å². The lowest BCUT2D eigenvalue weighted by Crippen LogP contribution is -2.36. The summed E-state index contributed by atoms with van der Waals surface area (Å²) in [5.41, 5.74) is 2.31. The first-order valence-corrected chi connectivity index (χ1v) is 6.60. The van der Waals surface area contributed by atoms with Crippen molar-refractivity contribution in [3.05, 3.63) is 30.5 Å². The summed E-state index contributed by atoms with van der Waals surface area (Å²) >= 11 is 0. The minimum Gasteiger partial charge on any atom is -0.467 e. The first-order chi connectivity index (χ1) is 9.20.